The SMILES string of the molecule is C.CC(C)c1ncc(C(C)(C)C)s1. The summed E-state index contributed by atoms with van der Waals surface area (Å²) in [7, 11) is 0. The molecule has 1 aromatic rings. The van der Waals surface area contributed by atoms with Gasteiger partial charge >= 0.3 is 0 Å². The molecule has 0 aliphatic carbocycles. The molecule has 2 heteroatoms. The number of hydrogen-bond acceptors (Lipinski definition) is 2. The van der Waals surface area contributed by atoms with Crippen LogP contribution in [0.5, 0.6) is 0 Å². The van der Waals surface area contributed by atoms with Gasteiger partial charge in [0, 0.05) is 17.0 Å². The lowest BCUT2D eigenvalue weighted by atomic mass is 9.96. The van der Waals surface area contributed by atoms with Crippen LogP contribution in [0, 0.1) is 0 Å². The van der Waals surface area contributed by atoms with E-state index in [1.807, 2.05) is 17.5 Å². The van der Waals surface area contributed by atoms with E-state index in [-0.39, 0.29) is 12.8 Å². The monoisotopic (exact) mass is 199 g/mol. The van der Waals surface area contributed by atoms with Crippen LogP contribution in [-0.4, -0.2) is 4.98 Å². The Balaban J connectivity index is 0.00000144. The van der Waals surface area contributed by atoms with Gasteiger partial charge in [-0.3, -0.25) is 0 Å². The van der Waals surface area contributed by atoms with Gasteiger partial charge in [-0.05, 0) is 5.41 Å². The van der Waals surface area contributed by atoms with Crippen molar-refractivity contribution in [3.05, 3.63) is 16.1 Å². The Morgan fingerprint density at radius 1 is 1.31 bits per heavy atom. The van der Waals surface area contributed by atoms with Crippen molar-refractivity contribution >= 4 is 11.3 Å². The van der Waals surface area contributed by atoms with E-state index in [1.165, 1.54) is 9.88 Å². The predicted octanol–water partition coefficient (Wildman–Crippen LogP) is 4.20. The molecule has 76 valence electrons. The Morgan fingerprint density at radius 3 is 2.08 bits per heavy atom. The first-order chi connectivity index (χ1) is 5.41. The maximum Gasteiger partial charge on any atom is 0.0953 e. The molecule has 1 heterocycles. The zero-order valence-electron chi connectivity index (χ0n) is 8.51. The van der Waals surface area contributed by atoms with Crippen LogP contribution in [0.4, 0.5) is 0 Å². The van der Waals surface area contributed by atoms with Gasteiger partial charge in [0.25, 0.3) is 0 Å². The minimum atomic E-state index is 0. The summed E-state index contributed by atoms with van der Waals surface area (Å²) in [4.78, 5) is 5.78. The Labute approximate surface area is 86.2 Å². The molecular formula is C11H21NS. The van der Waals surface area contributed by atoms with E-state index < -0.39 is 0 Å². The number of thiazole rings is 1. The molecule has 13 heavy (non-hydrogen) atoms. The third-order valence-corrected chi connectivity index (χ3v) is 3.48. The summed E-state index contributed by atoms with van der Waals surface area (Å²) in [5.41, 5.74) is 0.255. The highest BCUT2D eigenvalue weighted by molar-refractivity contribution is 7.11. The molecule has 0 fully saturated rings. The zero-order valence-corrected chi connectivity index (χ0v) is 9.33. The summed E-state index contributed by atoms with van der Waals surface area (Å²) in [6.45, 7) is 11.1. The van der Waals surface area contributed by atoms with Gasteiger partial charge in [0.2, 0.25) is 0 Å². The molecule has 0 aliphatic rings. The fourth-order valence-electron chi connectivity index (χ4n) is 0.901. The molecule has 0 unspecified atom stereocenters. The molecule has 0 amide bonds. The molecule has 1 nitrogen and oxygen atoms in total. The van der Waals surface area contributed by atoms with E-state index >= 15 is 0 Å². The largest absolute Gasteiger partial charge is 0.249 e. The lowest BCUT2D eigenvalue weighted by Crippen LogP contribution is -2.07. The second-order valence-corrected chi connectivity index (χ2v) is 5.53. The summed E-state index contributed by atoms with van der Waals surface area (Å²) >= 11 is 1.84. The van der Waals surface area contributed by atoms with Gasteiger partial charge in [-0.15, -0.1) is 11.3 Å². The van der Waals surface area contributed by atoms with Crippen LogP contribution in [0.3, 0.4) is 0 Å². The summed E-state index contributed by atoms with van der Waals surface area (Å²) in [6.07, 6.45) is 2.01. The highest BCUT2D eigenvalue weighted by Gasteiger charge is 2.17. The van der Waals surface area contributed by atoms with Crippen molar-refractivity contribution in [1.29, 1.82) is 0 Å². The highest BCUT2D eigenvalue weighted by Crippen LogP contribution is 2.30. The van der Waals surface area contributed by atoms with Crippen molar-refractivity contribution in [1.82, 2.24) is 4.98 Å². The lowest BCUT2D eigenvalue weighted by molar-refractivity contribution is 0.602. The lowest BCUT2D eigenvalue weighted by Gasteiger charge is -2.14. The Morgan fingerprint density at radius 2 is 1.85 bits per heavy atom. The highest BCUT2D eigenvalue weighted by atomic mass is 32.1. The third-order valence-electron chi connectivity index (χ3n) is 1.76. The van der Waals surface area contributed by atoms with E-state index in [4.69, 9.17) is 0 Å². The van der Waals surface area contributed by atoms with E-state index in [9.17, 15) is 0 Å². The van der Waals surface area contributed by atoms with Gasteiger partial charge in [-0.1, -0.05) is 42.0 Å². The Bertz CT molecular complexity index is 255. The van der Waals surface area contributed by atoms with Crippen LogP contribution in [0.2, 0.25) is 0 Å². The average molecular weight is 199 g/mol. The van der Waals surface area contributed by atoms with Crippen molar-refractivity contribution in [2.24, 2.45) is 0 Å². The summed E-state index contributed by atoms with van der Waals surface area (Å²) in [6, 6.07) is 0. The molecule has 1 rings (SSSR count). The Hall–Kier alpha value is -0.370. The number of rotatable bonds is 1. The van der Waals surface area contributed by atoms with Gasteiger partial charge in [0.15, 0.2) is 0 Å². The van der Waals surface area contributed by atoms with Crippen molar-refractivity contribution in [3.8, 4) is 0 Å². The van der Waals surface area contributed by atoms with Gasteiger partial charge in [0.1, 0.15) is 0 Å². The van der Waals surface area contributed by atoms with Crippen LogP contribution >= 0.6 is 11.3 Å². The second kappa shape index (κ2) is 4.23. The molecule has 0 atom stereocenters. The fraction of sp³-hybridized carbons (Fsp3) is 0.727. The molecular weight excluding hydrogens is 178 g/mol. The van der Waals surface area contributed by atoms with Gasteiger partial charge in [0.05, 0.1) is 5.01 Å². The number of aromatic nitrogens is 1. The molecule has 0 bridgehead atoms. The predicted molar refractivity (Wildman–Crippen MR) is 61.6 cm³/mol. The quantitative estimate of drug-likeness (QED) is 0.660. The topological polar surface area (TPSA) is 12.9 Å². The van der Waals surface area contributed by atoms with Gasteiger partial charge in [-0.25, -0.2) is 4.98 Å². The summed E-state index contributed by atoms with van der Waals surface area (Å²) in [5, 5.41) is 1.25. The maximum absolute atomic E-state index is 4.40. The van der Waals surface area contributed by atoms with Crippen LogP contribution in [0.1, 0.15) is 57.8 Å². The van der Waals surface area contributed by atoms with E-state index in [2.05, 4.69) is 39.6 Å². The molecule has 0 saturated heterocycles. The molecule has 0 aliphatic heterocycles. The smallest absolute Gasteiger partial charge is 0.0953 e. The van der Waals surface area contributed by atoms with Crippen LogP contribution < -0.4 is 0 Å². The van der Waals surface area contributed by atoms with E-state index in [1.54, 1.807) is 0 Å². The fourth-order valence-corrected chi connectivity index (χ4v) is 1.88. The second-order valence-electron chi connectivity index (χ2n) is 4.47. The van der Waals surface area contributed by atoms with E-state index in [0.29, 0.717) is 5.92 Å². The first-order valence-corrected chi connectivity index (χ1v) is 5.19. The third kappa shape index (κ3) is 3.11. The van der Waals surface area contributed by atoms with Crippen molar-refractivity contribution < 1.29 is 0 Å². The Kier molecular flexibility index (Phi) is 4.11. The number of nitrogens with zero attached hydrogens (tertiary/aromatic N) is 1. The molecule has 0 aromatic carbocycles. The van der Waals surface area contributed by atoms with E-state index in [0.717, 1.165) is 0 Å². The molecule has 1 aromatic heterocycles. The minimum Gasteiger partial charge on any atom is -0.249 e. The van der Waals surface area contributed by atoms with Crippen molar-refractivity contribution in [2.45, 2.75) is 53.4 Å². The molecule has 0 saturated carbocycles. The van der Waals surface area contributed by atoms with Crippen molar-refractivity contribution in [2.75, 3.05) is 0 Å². The molecule has 0 N–H and O–H groups in total. The van der Waals surface area contributed by atoms with Crippen LogP contribution in [0.25, 0.3) is 0 Å². The molecule has 0 spiro atoms. The zero-order chi connectivity index (χ0) is 9.35. The average Bonchev–Trinajstić information content (AvgIpc) is 2.30. The standard InChI is InChI=1S/C10H17NS.CH4/c1-7(2)9-11-6-8(12-9)10(3,4)5;/h6-7H,1-5H3;1H4. The van der Waals surface area contributed by atoms with Gasteiger partial charge in [-0.2, -0.15) is 0 Å². The van der Waals surface area contributed by atoms with Crippen LogP contribution in [-0.2, 0) is 5.41 Å². The first-order valence-electron chi connectivity index (χ1n) is 4.37. The first kappa shape index (κ1) is 12.6. The normalized spacial score (nSPS) is 11.5. The minimum absolute atomic E-state index is 0. The van der Waals surface area contributed by atoms with Gasteiger partial charge < -0.3 is 0 Å². The van der Waals surface area contributed by atoms with Crippen molar-refractivity contribution in [3.63, 3.8) is 0 Å². The maximum atomic E-state index is 4.40. The summed E-state index contributed by atoms with van der Waals surface area (Å²) < 4.78 is 0. The van der Waals surface area contributed by atoms with Crippen LogP contribution in [0.15, 0.2) is 6.20 Å². The molecule has 0 radical (unpaired) electrons. The number of hydrogen-bond donors (Lipinski definition) is 0. The summed E-state index contributed by atoms with van der Waals surface area (Å²) in [5.74, 6) is 0.561.